The van der Waals surface area contributed by atoms with Gasteiger partial charge in [-0.15, -0.1) is 10.2 Å². The summed E-state index contributed by atoms with van der Waals surface area (Å²) in [7, 11) is 0. The molecule has 0 aliphatic carbocycles. The molecule has 6 nitrogen and oxygen atoms in total. The number of aromatic amines is 1. The Morgan fingerprint density at radius 1 is 1.00 bits per heavy atom. The van der Waals surface area contributed by atoms with Crippen LogP contribution in [0.15, 0.2) is 73.6 Å². The number of aromatic nitrogens is 5. The molecular weight excluding hydrogens is 420 g/mol. The Bertz CT molecular complexity index is 1560. The molecule has 0 spiro atoms. The highest BCUT2D eigenvalue weighted by Gasteiger charge is 2.21. The van der Waals surface area contributed by atoms with Crippen LogP contribution in [0.2, 0.25) is 0 Å². The number of nitrogens with zero attached hydrogens (tertiary/aromatic N) is 5. The molecule has 0 aliphatic rings. The number of nitrogens with one attached hydrogen (secondary N) is 1. The van der Waals surface area contributed by atoms with Gasteiger partial charge in [0.25, 0.3) is 0 Å². The zero-order chi connectivity index (χ0) is 23.9. The number of hydrogen-bond acceptors (Lipinski definition) is 4. The third-order valence-corrected chi connectivity index (χ3v) is 6.20. The summed E-state index contributed by atoms with van der Waals surface area (Å²) in [6.07, 6.45) is 5.48. The number of pyridine rings is 1. The highest BCUT2D eigenvalue weighted by atomic mass is 15.3. The van der Waals surface area contributed by atoms with E-state index in [0.29, 0.717) is 5.82 Å². The zero-order valence-electron chi connectivity index (χ0n) is 19.4. The Labute approximate surface area is 198 Å². The molecule has 0 unspecified atom stereocenters. The van der Waals surface area contributed by atoms with Crippen molar-refractivity contribution in [2.45, 2.75) is 26.2 Å². The molecule has 2 aromatic carbocycles. The number of fused-ring (bicyclic) bond motifs is 1. The summed E-state index contributed by atoms with van der Waals surface area (Å²) in [5.41, 5.74) is 6.34. The van der Waals surface area contributed by atoms with E-state index in [1.54, 1.807) is 6.08 Å². The van der Waals surface area contributed by atoms with Gasteiger partial charge in [0, 0.05) is 28.9 Å². The fraction of sp³-hybridized carbons (Fsp3) is 0.143. The topological polar surface area (TPSA) is 83.2 Å². The first kappa shape index (κ1) is 21.4. The summed E-state index contributed by atoms with van der Waals surface area (Å²) in [5, 5.41) is 19.4. The molecule has 0 atom stereocenters. The minimum atomic E-state index is -0.558. The van der Waals surface area contributed by atoms with Gasteiger partial charge >= 0.3 is 0 Å². The van der Waals surface area contributed by atoms with Gasteiger partial charge in [-0.1, -0.05) is 43.0 Å². The molecule has 0 fully saturated rings. The van der Waals surface area contributed by atoms with Crippen LogP contribution < -0.4 is 0 Å². The van der Waals surface area contributed by atoms with Crippen LogP contribution in [0.1, 0.15) is 30.8 Å². The Hall–Kier alpha value is -4.50. The molecule has 3 aromatic heterocycles. The molecule has 5 rings (SSSR count). The predicted molar refractivity (Wildman–Crippen MR) is 135 cm³/mol. The molecule has 0 saturated heterocycles. The minimum absolute atomic E-state index is 0.558. The van der Waals surface area contributed by atoms with Gasteiger partial charge in [-0.3, -0.25) is 4.57 Å². The van der Waals surface area contributed by atoms with Gasteiger partial charge in [0.05, 0.1) is 17.2 Å². The molecule has 3 heterocycles. The van der Waals surface area contributed by atoms with Crippen molar-refractivity contribution in [3.05, 3.63) is 90.5 Å². The van der Waals surface area contributed by atoms with Crippen molar-refractivity contribution in [1.82, 2.24) is 24.7 Å². The quantitative estimate of drug-likeness (QED) is 0.348. The van der Waals surface area contributed by atoms with Gasteiger partial charge in [-0.05, 0) is 61.7 Å². The molecule has 0 amide bonds. The van der Waals surface area contributed by atoms with Gasteiger partial charge in [-0.2, -0.15) is 5.26 Å². The second-order valence-corrected chi connectivity index (χ2v) is 8.88. The average Bonchev–Trinajstić information content (AvgIpc) is 3.51. The highest BCUT2D eigenvalue weighted by molar-refractivity contribution is 5.82. The molecule has 0 saturated carbocycles. The molecule has 6 heteroatoms. The molecular formula is C28H24N6. The van der Waals surface area contributed by atoms with Crippen molar-refractivity contribution >= 4 is 17.1 Å². The molecule has 5 aromatic rings. The third kappa shape index (κ3) is 3.57. The Morgan fingerprint density at radius 3 is 2.50 bits per heavy atom. The lowest BCUT2D eigenvalue weighted by atomic mass is 9.86. The van der Waals surface area contributed by atoms with E-state index in [9.17, 15) is 5.26 Å². The van der Waals surface area contributed by atoms with Crippen molar-refractivity contribution in [2.24, 2.45) is 0 Å². The molecule has 0 aliphatic heterocycles. The standard InChI is InChI=1S/C28H24N6/c1-5-25-32-33-27(19-8-10-23(11-9-19)28(3,4)17-29)34(25)24-15-20(7-6-18(24)2)22-14-21-12-13-30-26(21)31-16-22/h5-16H,1H2,2-4H3,(H,30,31). The molecule has 0 bridgehead atoms. The lowest BCUT2D eigenvalue weighted by Gasteiger charge is -2.17. The first-order chi connectivity index (χ1) is 16.4. The van der Waals surface area contributed by atoms with Gasteiger partial charge < -0.3 is 4.98 Å². The van der Waals surface area contributed by atoms with E-state index < -0.39 is 5.41 Å². The van der Waals surface area contributed by atoms with Crippen molar-refractivity contribution in [1.29, 1.82) is 5.26 Å². The number of rotatable bonds is 5. The lowest BCUT2D eigenvalue weighted by molar-refractivity contribution is 0.687. The normalized spacial score (nSPS) is 11.5. The first-order valence-electron chi connectivity index (χ1n) is 11.1. The third-order valence-electron chi connectivity index (χ3n) is 6.20. The van der Waals surface area contributed by atoms with Gasteiger partial charge in [0.15, 0.2) is 11.6 Å². The zero-order valence-corrected chi connectivity index (χ0v) is 19.4. The van der Waals surface area contributed by atoms with E-state index in [1.165, 1.54) is 0 Å². The first-order valence-corrected chi connectivity index (χ1v) is 11.1. The predicted octanol–water partition coefficient (Wildman–Crippen LogP) is 6.23. The summed E-state index contributed by atoms with van der Waals surface area (Å²) in [5.74, 6) is 1.38. The maximum absolute atomic E-state index is 9.46. The fourth-order valence-electron chi connectivity index (χ4n) is 4.08. The van der Waals surface area contributed by atoms with E-state index in [1.807, 2.05) is 61.1 Å². The van der Waals surface area contributed by atoms with Crippen molar-refractivity contribution in [2.75, 3.05) is 0 Å². The van der Waals surface area contributed by atoms with Crippen LogP contribution in [0.4, 0.5) is 0 Å². The van der Waals surface area contributed by atoms with Crippen LogP contribution in [-0.4, -0.2) is 24.7 Å². The van der Waals surface area contributed by atoms with Crippen molar-refractivity contribution in [3.8, 4) is 34.3 Å². The number of hydrogen-bond donors (Lipinski definition) is 1. The Kier molecular flexibility index (Phi) is 5.10. The average molecular weight is 445 g/mol. The maximum atomic E-state index is 9.46. The Morgan fingerprint density at radius 2 is 1.76 bits per heavy atom. The van der Waals surface area contributed by atoms with Crippen LogP contribution in [0.5, 0.6) is 0 Å². The van der Waals surface area contributed by atoms with Gasteiger partial charge in [0.2, 0.25) is 0 Å². The van der Waals surface area contributed by atoms with E-state index in [-0.39, 0.29) is 0 Å². The Balaban J connectivity index is 1.63. The highest BCUT2D eigenvalue weighted by Crippen LogP contribution is 2.31. The SMILES string of the molecule is C=Cc1nnc(-c2ccc(C(C)(C)C#N)cc2)n1-c1cc(-c2cnc3[nH]ccc3c2)ccc1C. The summed E-state index contributed by atoms with van der Waals surface area (Å²) < 4.78 is 2.03. The van der Waals surface area contributed by atoms with E-state index in [4.69, 9.17) is 0 Å². The lowest BCUT2D eigenvalue weighted by Crippen LogP contribution is -2.13. The monoisotopic (exact) mass is 444 g/mol. The molecule has 34 heavy (non-hydrogen) atoms. The fourth-order valence-corrected chi connectivity index (χ4v) is 4.08. The van der Waals surface area contributed by atoms with E-state index >= 15 is 0 Å². The largest absolute Gasteiger partial charge is 0.346 e. The summed E-state index contributed by atoms with van der Waals surface area (Å²) >= 11 is 0. The number of benzene rings is 2. The smallest absolute Gasteiger partial charge is 0.168 e. The van der Waals surface area contributed by atoms with Crippen molar-refractivity contribution in [3.63, 3.8) is 0 Å². The van der Waals surface area contributed by atoms with Crippen LogP contribution >= 0.6 is 0 Å². The summed E-state index contributed by atoms with van der Waals surface area (Å²) in [4.78, 5) is 7.68. The number of nitriles is 1. The van der Waals surface area contributed by atoms with Crippen LogP contribution in [0, 0.1) is 18.3 Å². The van der Waals surface area contributed by atoms with Gasteiger partial charge in [-0.25, -0.2) is 4.98 Å². The van der Waals surface area contributed by atoms with Gasteiger partial charge in [0.1, 0.15) is 5.65 Å². The van der Waals surface area contributed by atoms with E-state index in [0.717, 1.165) is 50.4 Å². The number of aryl methyl sites for hydroxylation is 1. The van der Waals surface area contributed by atoms with Crippen LogP contribution in [-0.2, 0) is 5.41 Å². The number of H-pyrrole nitrogens is 1. The minimum Gasteiger partial charge on any atom is -0.346 e. The van der Waals surface area contributed by atoms with Crippen LogP contribution in [0.25, 0.3) is 45.3 Å². The molecule has 1 N–H and O–H groups in total. The second kappa shape index (κ2) is 8.13. The molecule has 0 radical (unpaired) electrons. The van der Waals surface area contributed by atoms with E-state index in [2.05, 4.69) is 64.0 Å². The van der Waals surface area contributed by atoms with Crippen LogP contribution in [0.3, 0.4) is 0 Å². The second-order valence-electron chi connectivity index (χ2n) is 8.88. The summed E-state index contributed by atoms with van der Waals surface area (Å²) in [6.45, 7) is 9.84. The van der Waals surface area contributed by atoms with Crippen molar-refractivity contribution < 1.29 is 0 Å². The summed E-state index contributed by atoms with van der Waals surface area (Å²) in [6, 6.07) is 20.8. The molecule has 166 valence electrons. The maximum Gasteiger partial charge on any atom is 0.168 e.